The van der Waals surface area contributed by atoms with E-state index in [-0.39, 0.29) is 42.7 Å². The van der Waals surface area contributed by atoms with Crippen molar-refractivity contribution in [2.45, 2.75) is 31.0 Å². The van der Waals surface area contributed by atoms with Crippen molar-refractivity contribution in [1.82, 2.24) is 10.6 Å². The Bertz CT molecular complexity index is 979. The number of benzene rings is 2. The molecule has 0 atom stereocenters. The van der Waals surface area contributed by atoms with Crippen molar-refractivity contribution in [2.75, 3.05) is 33.6 Å². The van der Waals surface area contributed by atoms with Gasteiger partial charge in [-0.1, -0.05) is 18.2 Å². The van der Waals surface area contributed by atoms with E-state index in [0.29, 0.717) is 31.3 Å². The van der Waals surface area contributed by atoms with Crippen LogP contribution in [0.1, 0.15) is 29.5 Å². The highest BCUT2D eigenvalue weighted by Crippen LogP contribution is 2.40. The molecule has 0 spiro atoms. The molecule has 180 valence electrons. The highest BCUT2D eigenvalue weighted by molar-refractivity contribution is 14.0. The lowest BCUT2D eigenvalue weighted by Gasteiger charge is -2.38. The van der Waals surface area contributed by atoms with Gasteiger partial charge in [0.15, 0.2) is 17.5 Å². The minimum absolute atomic E-state index is 0. The van der Waals surface area contributed by atoms with E-state index in [9.17, 15) is 13.2 Å². The third-order valence-corrected chi connectivity index (χ3v) is 5.97. The minimum Gasteiger partial charge on any atom is -0.454 e. The Morgan fingerprint density at radius 3 is 2.52 bits per heavy atom. The molecular weight excluding hydrogens is 550 g/mol. The lowest BCUT2D eigenvalue weighted by molar-refractivity contribution is -0.137. The van der Waals surface area contributed by atoms with Crippen LogP contribution in [0.3, 0.4) is 0 Å². The standard InChI is InChI=1S/C23H26F3N3O3.HI/c1-27-21(28-13-16-3-2-4-18(11-16)23(24,25)26)29-14-22(7-9-30-10-8-22)17-5-6-19-20(12-17)32-15-31-19;/h2-6,11-12H,7-10,13-15H2,1H3,(H2,27,28,29);1H. The van der Waals surface area contributed by atoms with Gasteiger partial charge in [0.05, 0.1) is 5.56 Å². The number of guanidine groups is 1. The Morgan fingerprint density at radius 1 is 1.03 bits per heavy atom. The molecule has 2 aliphatic rings. The van der Waals surface area contributed by atoms with Gasteiger partial charge in [-0.15, -0.1) is 24.0 Å². The van der Waals surface area contributed by atoms with E-state index < -0.39 is 11.7 Å². The van der Waals surface area contributed by atoms with Gasteiger partial charge in [0, 0.05) is 38.8 Å². The molecule has 10 heteroatoms. The summed E-state index contributed by atoms with van der Waals surface area (Å²) in [6.07, 6.45) is -2.72. The molecule has 2 aromatic rings. The highest BCUT2D eigenvalue weighted by Gasteiger charge is 2.36. The normalized spacial score (nSPS) is 17.3. The van der Waals surface area contributed by atoms with Crippen molar-refractivity contribution >= 4 is 29.9 Å². The average Bonchev–Trinajstić information content (AvgIpc) is 3.27. The molecule has 0 amide bonds. The number of hydrogen-bond donors (Lipinski definition) is 2. The summed E-state index contributed by atoms with van der Waals surface area (Å²) in [7, 11) is 1.64. The van der Waals surface area contributed by atoms with Gasteiger partial charge in [-0.2, -0.15) is 13.2 Å². The van der Waals surface area contributed by atoms with E-state index in [2.05, 4.69) is 21.7 Å². The molecule has 2 heterocycles. The van der Waals surface area contributed by atoms with E-state index in [4.69, 9.17) is 14.2 Å². The maximum absolute atomic E-state index is 13.0. The fraction of sp³-hybridized carbons (Fsp3) is 0.435. The number of ether oxygens (including phenoxy) is 3. The van der Waals surface area contributed by atoms with Crippen LogP contribution in [0, 0.1) is 0 Å². The summed E-state index contributed by atoms with van der Waals surface area (Å²) in [5.74, 6) is 2.00. The molecule has 0 aromatic heterocycles. The summed E-state index contributed by atoms with van der Waals surface area (Å²) < 4.78 is 55.5. The molecule has 0 saturated carbocycles. The molecular formula is C23H27F3IN3O3. The van der Waals surface area contributed by atoms with Gasteiger partial charge in [-0.05, 0) is 48.2 Å². The predicted molar refractivity (Wildman–Crippen MR) is 129 cm³/mol. The summed E-state index contributed by atoms with van der Waals surface area (Å²) >= 11 is 0. The Hall–Kier alpha value is -2.21. The van der Waals surface area contributed by atoms with Gasteiger partial charge in [-0.25, -0.2) is 0 Å². The number of nitrogens with one attached hydrogen (secondary N) is 2. The zero-order valence-corrected chi connectivity index (χ0v) is 20.5. The van der Waals surface area contributed by atoms with Crippen molar-refractivity contribution in [2.24, 2.45) is 4.99 Å². The van der Waals surface area contributed by atoms with Crippen LogP contribution in [-0.4, -0.2) is 39.6 Å². The Balaban J connectivity index is 0.00000306. The zero-order chi connectivity index (χ0) is 22.6. The molecule has 33 heavy (non-hydrogen) atoms. The summed E-state index contributed by atoms with van der Waals surface area (Å²) in [4.78, 5) is 4.24. The number of hydrogen-bond acceptors (Lipinski definition) is 4. The highest BCUT2D eigenvalue weighted by atomic mass is 127. The van der Waals surface area contributed by atoms with E-state index in [1.165, 1.54) is 6.07 Å². The van der Waals surface area contributed by atoms with Crippen LogP contribution in [0.2, 0.25) is 0 Å². The zero-order valence-electron chi connectivity index (χ0n) is 18.2. The maximum Gasteiger partial charge on any atom is 0.416 e. The number of rotatable bonds is 5. The molecule has 2 aliphatic heterocycles. The van der Waals surface area contributed by atoms with Crippen LogP contribution < -0.4 is 20.1 Å². The third-order valence-electron chi connectivity index (χ3n) is 5.97. The Kier molecular flexibility index (Phi) is 8.33. The molecule has 0 bridgehead atoms. The van der Waals surface area contributed by atoms with Crippen molar-refractivity contribution in [1.29, 1.82) is 0 Å². The number of fused-ring (bicyclic) bond motifs is 1. The fourth-order valence-corrected chi connectivity index (χ4v) is 4.07. The van der Waals surface area contributed by atoms with Crippen molar-refractivity contribution in [3.8, 4) is 11.5 Å². The van der Waals surface area contributed by atoms with Crippen molar-refractivity contribution in [3.63, 3.8) is 0 Å². The molecule has 4 rings (SSSR count). The van der Waals surface area contributed by atoms with E-state index in [1.807, 2.05) is 12.1 Å². The first-order chi connectivity index (χ1) is 15.4. The molecule has 1 fully saturated rings. The van der Waals surface area contributed by atoms with Crippen molar-refractivity contribution in [3.05, 3.63) is 59.2 Å². The molecule has 0 aliphatic carbocycles. The maximum atomic E-state index is 13.0. The van der Waals surface area contributed by atoms with Crippen LogP contribution in [0.25, 0.3) is 0 Å². The van der Waals surface area contributed by atoms with E-state index >= 15 is 0 Å². The SMILES string of the molecule is CN=C(NCc1cccc(C(F)(F)F)c1)NCC1(c2ccc3c(c2)OCO3)CCOCC1.I. The second kappa shape index (κ2) is 10.8. The largest absolute Gasteiger partial charge is 0.454 e. The van der Waals surface area contributed by atoms with Gasteiger partial charge in [0.25, 0.3) is 0 Å². The second-order valence-corrected chi connectivity index (χ2v) is 7.94. The number of alkyl halides is 3. The van der Waals surface area contributed by atoms with Crippen LogP contribution in [0.5, 0.6) is 11.5 Å². The van der Waals surface area contributed by atoms with Crippen LogP contribution in [0.4, 0.5) is 13.2 Å². The average molecular weight is 577 g/mol. The van der Waals surface area contributed by atoms with Crippen LogP contribution in [0.15, 0.2) is 47.5 Å². The molecule has 0 radical (unpaired) electrons. The topological polar surface area (TPSA) is 64.1 Å². The fourth-order valence-electron chi connectivity index (χ4n) is 4.07. The van der Waals surface area contributed by atoms with E-state index in [0.717, 1.165) is 42.0 Å². The van der Waals surface area contributed by atoms with Gasteiger partial charge in [0.1, 0.15) is 0 Å². The first kappa shape index (κ1) is 25.4. The van der Waals surface area contributed by atoms with Gasteiger partial charge in [0.2, 0.25) is 6.79 Å². The molecule has 0 unspecified atom stereocenters. The van der Waals surface area contributed by atoms with E-state index in [1.54, 1.807) is 13.1 Å². The summed E-state index contributed by atoms with van der Waals surface area (Å²) in [5, 5.41) is 6.46. The predicted octanol–water partition coefficient (Wildman–Crippen LogP) is 4.47. The number of aliphatic imine (C=N–C) groups is 1. The first-order valence-corrected chi connectivity index (χ1v) is 10.5. The molecule has 2 N–H and O–H groups in total. The smallest absolute Gasteiger partial charge is 0.416 e. The first-order valence-electron chi connectivity index (χ1n) is 10.5. The van der Waals surface area contributed by atoms with Crippen molar-refractivity contribution < 1.29 is 27.4 Å². The lowest BCUT2D eigenvalue weighted by Crippen LogP contribution is -2.47. The second-order valence-electron chi connectivity index (χ2n) is 7.94. The monoisotopic (exact) mass is 577 g/mol. The molecule has 6 nitrogen and oxygen atoms in total. The van der Waals surface area contributed by atoms with Crippen LogP contribution in [-0.2, 0) is 22.9 Å². The minimum atomic E-state index is -4.37. The summed E-state index contributed by atoms with van der Waals surface area (Å²) in [5.41, 5.74) is 0.807. The summed E-state index contributed by atoms with van der Waals surface area (Å²) in [6, 6.07) is 11.3. The Labute approximate surface area is 207 Å². The lowest BCUT2D eigenvalue weighted by atomic mass is 9.74. The van der Waals surface area contributed by atoms with Gasteiger partial charge >= 0.3 is 6.18 Å². The number of nitrogens with zero attached hydrogens (tertiary/aromatic N) is 1. The van der Waals surface area contributed by atoms with Gasteiger partial charge < -0.3 is 24.8 Å². The third kappa shape index (κ3) is 6.03. The summed E-state index contributed by atoms with van der Waals surface area (Å²) in [6.45, 7) is 2.33. The molecule has 1 saturated heterocycles. The van der Waals surface area contributed by atoms with Gasteiger partial charge in [-0.3, -0.25) is 4.99 Å². The van der Waals surface area contributed by atoms with Crippen LogP contribution >= 0.6 is 24.0 Å². The quantitative estimate of drug-likeness (QED) is 0.312. The Morgan fingerprint density at radius 2 is 1.79 bits per heavy atom. The number of halogens is 4. The molecule has 2 aromatic carbocycles.